The van der Waals surface area contributed by atoms with Crippen molar-refractivity contribution < 1.29 is 31.1 Å². The average molecular weight is 506 g/mol. The number of benzene rings is 2. The Labute approximate surface area is 193 Å². The van der Waals surface area contributed by atoms with Gasteiger partial charge in [0, 0.05) is 5.56 Å². The Balaban J connectivity index is 1.85. The molecule has 3 aromatic rings. The van der Waals surface area contributed by atoms with E-state index in [4.69, 9.17) is 11.6 Å². The van der Waals surface area contributed by atoms with Crippen molar-refractivity contribution in [1.29, 1.82) is 0 Å². The van der Waals surface area contributed by atoms with Crippen molar-refractivity contribution in [2.45, 2.75) is 29.7 Å². The van der Waals surface area contributed by atoms with Gasteiger partial charge >= 0.3 is 12.4 Å². The van der Waals surface area contributed by atoms with Crippen molar-refractivity contribution in [3.8, 4) is 11.3 Å². The van der Waals surface area contributed by atoms with Gasteiger partial charge in [0.25, 0.3) is 0 Å². The summed E-state index contributed by atoms with van der Waals surface area (Å²) in [7, 11) is 0. The van der Waals surface area contributed by atoms with Gasteiger partial charge in [-0.15, -0.1) is 0 Å². The standard InChI is InChI=1S/C21H14ClF6N3OS/c1-11(18(32)29-16-9-13(20(23,24)25)7-8-14(16)22)33-19-30-15(12-5-3-2-4-6-12)10-17(31-19)21(26,27)28/h2-11H,1H3,(H,29,32). The topological polar surface area (TPSA) is 54.9 Å². The molecule has 0 spiro atoms. The number of nitrogens with zero attached hydrogens (tertiary/aromatic N) is 2. The number of aromatic nitrogens is 2. The smallest absolute Gasteiger partial charge is 0.324 e. The third kappa shape index (κ3) is 6.38. The molecular formula is C21H14ClF6N3OS. The van der Waals surface area contributed by atoms with Crippen LogP contribution in [0.2, 0.25) is 5.02 Å². The fourth-order valence-electron chi connectivity index (χ4n) is 2.62. The second kappa shape index (κ2) is 9.60. The lowest BCUT2D eigenvalue weighted by Gasteiger charge is -2.15. The summed E-state index contributed by atoms with van der Waals surface area (Å²) < 4.78 is 78.8. The number of hydrogen-bond donors (Lipinski definition) is 1. The van der Waals surface area contributed by atoms with Crippen molar-refractivity contribution >= 4 is 35.0 Å². The molecule has 0 bridgehead atoms. The SMILES string of the molecule is CC(Sc1nc(-c2ccccc2)cc(C(F)(F)F)n1)C(=O)Nc1cc(C(F)(F)F)ccc1Cl. The molecule has 0 saturated heterocycles. The molecule has 0 aliphatic carbocycles. The van der Waals surface area contributed by atoms with Crippen LogP contribution in [0.5, 0.6) is 0 Å². The first-order chi connectivity index (χ1) is 15.3. The van der Waals surface area contributed by atoms with Gasteiger partial charge in [-0.3, -0.25) is 4.79 Å². The number of hydrogen-bond acceptors (Lipinski definition) is 4. The summed E-state index contributed by atoms with van der Waals surface area (Å²) in [6.45, 7) is 1.35. The molecule has 1 unspecified atom stereocenters. The van der Waals surface area contributed by atoms with Crippen molar-refractivity contribution in [3.05, 3.63) is 70.9 Å². The van der Waals surface area contributed by atoms with E-state index in [1.165, 1.54) is 6.92 Å². The molecule has 12 heteroatoms. The first kappa shape index (κ1) is 24.8. The maximum atomic E-state index is 13.3. The Bertz CT molecular complexity index is 1150. The minimum absolute atomic E-state index is 0.00829. The minimum Gasteiger partial charge on any atom is -0.324 e. The molecule has 1 amide bonds. The number of carbonyl (C=O) groups excluding carboxylic acids is 1. The van der Waals surface area contributed by atoms with E-state index in [0.717, 1.165) is 18.2 Å². The van der Waals surface area contributed by atoms with Gasteiger partial charge in [-0.05, 0) is 31.2 Å². The Morgan fingerprint density at radius 2 is 1.64 bits per heavy atom. The van der Waals surface area contributed by atoms with Crippen LogP contribution in [-0.4, -0.2) is 21.1 Å². The number of alkyl halides is 6. The van der Waals surface area contributed by atoms with E-state index in [0.29, 0.717) is 23.4 Å². The Morgan fingerprint density at radius 1 is 0.970 bits per heavy atom. The second-order valence-corrected chi connectivity index (χ2v) is 8.44. The highest BCUT2D eigenvalue weighted by atomic mass is 35.5. The molecule has 174 valence electrons. The monoisotopic (exact) mass is 505 g/mol. The molecule has 3 rings (SSSR count). The van der Waals surface area contributed by atoms with Gasteiger partial charge in [-0.1, -0.05) is 53.7 Å². The molecule has 1 atom stereocenters. The first-order valence-electron chi connectivity index (χ1n) is 9.20. The van der Waals surface area contributed by atoms with E-state index >= 15 is 0 Å². The fourth-order valence-corrected chi connectivity index (χ4v) is 3.57. The molecule has 0 fully saturated rings. The lowest BCUT2D eigenvalue weighted by atomic mass is 10.1. The molecule has 0 radical (unpaired) electrons. The normalized spacial score (nSPS) is 13.0. The van der Waals surface area contributed by atoms with E-state index in [1.54, 1.807) is 30.3 Å². The van der Waals surface area contributed by atoms with Crippen molar-refractivity contribution in [2.24, 2.45) is 0 Å². The Hall–Kier alpha value is -2.79. The molecule has 4 nitrogen and oxygen atoms in total. The van der Waals surface area contributed by atoms with Gasteiger partial charge in [0.1, 0.15) is 5.69 Å². The van der Waals surface area contributed by atoms with Gasteiger partial charge in [0.05, 0.1) is 27.2 Å². The molecular weight excluding hydrogens is 492 g/mol. The zero-order chi connectivity index (χ0) is 24.4. The number of halogens is 7. The highest BCUT2D eigenvalue weighted by molar-refractivity contribution is 8.00. The predicted molar refractivity (Wildman–Crippen MR) is 113 cm³/mol. The second-order valence-electron chi connectivity index (χ2n) is 6.73. The summed E-state index contributed by atoms with van der Waals surface area (Å²) in [4.78, 5) is 20.1. The maximum absolute atomic E-state index is 13.3. The van der Waals surface area contributed by atoms with Gasteiger partial charge in [-0.25, -0.2) is 9.97 Å². The van der Waals surface area contributed by atoms with Crippen LogP contribution >= 0.6 is 23.4 Å². The van der Waals surface area contributed by atoms with Crippen LogP contribution in [0, 0.1) is 0 Å². The first-order valence-corrected chi connectivity index (χ1v) is 10.5. The summed E-state index contributed by atoms with van der Waals surface area (Å²) >= 11 is 6.50. The third-order valence-corrected chi connectivity index (χ3v) is 5.56. The van der Waals surface area contributed by atoms with Crippen LogP contribution in [0.3, 0.4) is 0 Å². The zero-order valence-electron chi connectivity index (χ0n) is 16.6. The summed E-state index contributed by atoms with van der Waals surface area (Å²) in [5, 5.41) is 0.764. The lowest BCUT2D eigenvalue weighted by molar-refractivity contribution is -0.141. The van der Waals surface area contributed by atoms with Crippen LogP contribution in [0.25, 0.3) is 11.3 Å². The van der Waals surface area contributed by atoms with Crippen molar-refractivity contribution in [3.63, 3.8) is 0 Å². The zero-order valence-corrected chi connectivity index (χ0v) is 18.2. The molecule has 33 heavy (non-hydrogen) atoms. The summed E-state index contributed by atoms with van der Waals surface area (Å²) in [5.41, 5.74) is -2.06. The quantitative estimate of drug-likeness (QED) is 0.231. The fraction of sp³-hybridized carbons (Fsp3) is 0.190. The molecule has 1 N–H and O–H groups in total. The summed E-state index contributed by atoms with van der Waals surface area (Å²) in [6, 6.07) is 11.3. The number of thioether (sulfide) groups is 1. The van der Waals surface area contributed by atoms with E-state index in [1.807, 2.05) is 0 Å². The van der Waals surface area contributed by atoms with Crippen molar-refractivity contribution in [1.82, 2.24) is 9.97 Å². The number of amides is 1. The molecule has 0 aliphatic rings. The number of carbonyl (C=O) groups is 1. The number of anilines is 1. The predicted octanol–water partition coefficient (Wildman–Crippen LogP) is 6.95. The Kier molecular flexibility index (Phi) is 7.23. The van der Waals surface area contributed by atoms with Crippen LogP contribution in [0.4, 0.5) is 32.0 Å². The van der Waals surface area contributed by atoms with Crippen LogP contribution in [0.15, 0.2) is 59.8 Å². The molecule has 0 saturated carbocycles. The van der Waals surface area contributed by atoms with E-state index in [-0.39, 0.29) is 21.6 Å². The summed E-state index contributed by atoms with van der Waals surface area (Å²) in [6.07, 6.45) is -9.40. The van der Waals surface area contributed by atoms with E-state index in [9.17, 15) is 31.1 Å². The minimum atomic E-state index is -4.75. The molecule has 1 aromatic heterocycles. The van der Waals surface area contributed by atoms with Gasteiger partial charge in [0.15, 0.2) is 5.16 Å². The Morgan fingerprint density at radius 3 is 2.24 bits per heavy atom. The highest BCUT2D eigenvalue weighted by Gasteiger charge is 2.34. The van der Waals surface area contributed by atoms with E-state index in [2.05, 4.69) is 15.3 Å². The van der Waals surface area contributed by atoms with Crippen molar-refractivity contribution in [2.75, 3.05) is 5.32 Å². The van der Waals surface area contributed by atoms with Gasteiger partial charge in [0.2, 0.25) is 5.91 Å². The van der Waals surface area contributed by atoms with Crippen LogP contribution < -0.4 is 5.32 Å². The number of rotatable bonds is 5. The molecule has 2 aromatic carbocycles. The molecule has 0 aliphatic heterocycles. The highest BCUT2D eigenvalue weighted by Crippen LogP contribution is 2.35. The van der Waals surface area contributed by atoms with E-state index < -0.39 is 34.8 Å². The average Bonchev–Trinajstić information content (AvgIpc) is 2.74. The van der Waals surface area contributed by atoms with Gasteiger partial charge in [-0.2, -0.15) is 26.3 Å². The van der Waals surface area contributed by atoms with Crippen LogP contribution in [-0.2, 0) is 17.1 Å². The largest absolute Gasteiger partial charge is 0.433 e. The van der Waals surface area contributed by atoms with Gasteiger partial charge < -0.3 is 5.32 Å². The lowest BCUT2D eigenvalue weighted by Crippen LogP contribution is -2.23. The third-order valence-electron chi connectivity index (χ3n) is 4.27. The van der Waals surface area contributed by atoms with Crippen LogP contribution in [0.1, 0.15) is 18.2 Å². The maximum Gasteiger partial charge on any atom is 0.433 e. The summed E-state index contributed by atoms with van der Waals surface area (Å²) in [5.74, 6) is -0.788. The number of nitrogens with one attached hydrogen (secondary N) is 1. The molecule has 1 heterocycles.